The monoisotopic (exact) mass is 336 g/mol. The molecule has 0 aromatic heterocycles. The standard InChI is InChI=1S/C22H24O3/c1-3-12-22(4-2,13-14-23-16-18-8-6-5-7-9-18)19-10-11-20-21(15-19)25-17-24-20/h3-11,15H,1-2,12-14,16-17H2/t22-/m0/s1. The van der Waals surface area contributed by atoms with Crippen molar-refractivity contribution in [2.45, 2.75) is 24.9 Å². The first-order chi connectivity index (χ1) is 12.3. The Bertz CT molecular complexity index is 723. The van der Waals surface area contributed by atoms with Crippen molar-refractivity contribution in [3.8, 4) is 11.5 Å². The Morgan fingerprint density at radius 3 is 2.60 bits per heavy atom. The Hall–Kier alpha value is -2.52. The molecule has 130 valence electrons. The first-order valence-electron chi connectivity index (χ1n) is 8.54. The van der Waals surface area contributed by atoms with E-state index in [1.807, 2.05) is 42.5 Å². The predicted octanol–water partition coefficient (Wildman–Crippen LogP) is 5.02. The molecule has 0 spiro atoms. The van der Waals surface area contributed by atoms with Crippen LogP contribution in [-0.2, 0) is 16.8 Å². The molecule has 0 aliphatic carbocycles. The molecular weight excluding hydrogens is 312 g/mol. The highest BCUT2D eigenvalue weighted by Crippen LogP contribution is 2.40. The molecule has 25 heavy (non-hydrogen) atoms. The largest absolute Gasteiger partial charge is 0.454 e. The second kappa shape index (κ2) is 8.04. The lowest BCUT2D eigenvalue weighted by atomic mass is 9.75. The van der Waals surface area contributed by atoms with Gasteiger partial charge in [0.15, 0.2) is 11.5 Å². The fourth-order valence-corrected chi connectivity index (χ4v) is 3.15. The van der Waals surface area contributed by atoms with E-state index >= 15 is 0 Å². The molecule has 0 fully saturated rings. The van der Waals surface area contributed by atoms with Crippen molar-refractivity contribution in [1.29, 1.82) is 0 Å². The number of benzene rings is 2. The summed E-state index contributed by atoms with van der Waals surface area (Å²) in [5.41, 5.74) is 2.10. The van der Waals surface area contributed by atoms with Crippen molar-refractivity contribution in [3.63, 3.8) is 0 Å². The molecule has 0 unspecified atom stereocenters. The zero-order chi connectivity index (χ0) is 17.5. The summed E-state index contributed by atoms with van der Waals surface area (Å²) in [6.07, 6.45) is 5.56. The third kappa shape index (κ3) is 3.94. The Labute approximate surface area is 149 Å². The lowest BCUT2D eigenvalue weighted by Gasteiger charge is -2.30. The molecule has 0 amide bonds. The molecule has 3 nitrogen and oxygen atoms in total. The molecule has 1 aliphatic rings. The van der Waals surface area contributed by atoms with Gasteiger partial charge in [-0.2, -0.15) is 0 Å². The van der Waals surface area contributed by atoms with Gasteiger partial charge in [-0.05, 0) is 36.1 Å². The number of hydrogen-bond donors (Lipinski definition) is 0. The van der Waals surface area contributed by atoms with Crippen LogP contribution in [0.4, 0.5) is 0 Å². The van der Waals surface area contributed by atoms with Crippen molar-refractivity contribution >= 4 is 0 Å². The summed E-state index contributed by atoms with van der Waals surface area (Å²) < 4.78 is 16.8. The molecule has 0 saturated carbocycles. The van der Waals surface area contributed by atoms with Gasteiger partial charge in [0.2, 0.25) is 6.79 Å². The van der Waals surface area contributed by atoms with Gasteiger partial charge in [0, 0.05) is 12.0 Å². The maximum absolute atomic E-state index is 5.90. The number of rotatable bonds is 9. The highest BCUT2D eigenvalue weighted by atomic mass is 16.7. The summed E-state index contributed by atoms with van der Waals surface area (Å²) in [5.74, 6) is 1.58. The van der Waals surface area contributed by atoms with Gasteiger partial charge in [0.25, 0.3) is 0 Å². The highest BCUT2D eigenvalue weighted by Gasteiger charge is 2.29. The molecule has 2 aromatic rings. The smallest absolute Gasteiger partial charge is 0.231 e. The van der Waals surface area contributed by atoms with Crippen LogP contribution in [0.2, 0.25) is 0 Å². The summed E-state index contributed by atoms with van der Waals surface area (Å²) in [5, 5.41) is 0. The SMILES string of the molecule is C=CC[C@@](C=C)(CCOCc1ccccc1)c1ccc2c(c1)OCO2. The van der Waals surface area contributed by atoms with E-state index in [-0.39, 0.29) is 12.2 Å². The van der Waals surface area contributed by atoms with E-state index in [9.17, 15) is 0 Å². The van der Waals surface area contributed by atoms with Crippen molar-refractivity contribution in [1.82, 2.24) is 0 Å². The molecule has 0 saturated heterocycles. The second-order valence-electron chi connectivity index (χ2n) is 6.21. The van der Waals surface area contributed by atoms with Gasteiger partial charge >= 0.3 is 0 Å². The average molecular weight is 336 g/mol. The van der Waals surface area contributed by atoms with Crippen LogP contribution in [0.25, 0.3) is 0 Å². The zero-order valence-electron chi connectivity index (χ0n) is 14.4. The minimum Gasteiger partial charge on any atom is -0.454 e. The number of fused-ring (bicyclic) bond motifs is 1. The summed E-state index contributed by atoms with van der Waals surface area (Å²) in [7, 11) is 0. The van der Waals surface area contributed by atoms with E-state index in [1.165, 1.54) is 5.56 Å². The van der Waals surface area contributed by atoms with Crippen LogP contribution < -0.4 is 9.47 Å². The van der Waals surface area contributed by atoms with Crippen molar-refractivity contribution in [2.24, 2.45) is 0 Å². The van der Waals surface area contributed by atoms with Crippen LogP contribution in [-0.4, -0.2) is 13.4 Å². The van der Waals surface area contributed by atoms with Crippen LogP contribution in [0.15, 0.2) is 73.8 Å². The van der Waals surface area contributed by atoms with Gasteiger partial charge < -0.3 is 14.2 Å². The van der Waals surface area contributed by atoms with E-state index in [2.05, 4.69) is 31.4 Å². The van der Waals surface area contributed by atoms with Gasteiger partial charge in [0.05, 0.1) is 6.61 Å². The number of allylic oxidation sites excluding steroid dienone is 2. The predicted molar refractivity (Wildman–Crippen MR) is 100.0 cm³/mol. The first-order valence-corrected chi connectivity index (χ1v) is 8.54. The molecule has 0 N–H and O–H groups in total. The van der Waals surface area contributed by atoms with Crippen LogP contribution in [0.1, 0.15) is 24.0 Å². The van der Waals surface area contributed by atoms with Crippen LogP contribution in [0.5, 0.6) is 11.5 Å². The second-order valence-corrected chi connectivity index (χ2v) is 6.21. The minimum atomic E-state index is -0.223. The zero-order valence-corrected chi connectivity index (χ0v) is 14.4. The van der Waals surface area contributed by atoms with Gasteiger partial charge in [-0.15, -0.1) is 13.2 Å². The topological polar surface area (TPSA) is 27.7 Å². The maximum atomic E-state index is 5.90. The van der Waals surface area contributed by atoms with Crippen molar-refractivity contribution in [2.75, 3.05) is 13.4 Å². The molecule has 0 bridgehead atoms. The molecule has 1 aliphatic heterocycles. The van der Waals surface area contributed by atoms with Gasteiger partial charge in [-0.3, -0.25) is 0 Å². The van der Waals surface area contributed by atoms with Gasteiger partial charge in [-0.1, -0.05) is 48.6 Å². The number of ether oxygens (including phenoxy) is 3. The van der Waals surface area contributed by atoms with Crippen LogP contribution >= 0.6 is 0 Å². The third-order valence-electron chi connectivity index (χ3n) is 4.65. The average Bonchev–Trinajstić information content (AvgIpc) is 3.13. The molecule has 1 heterocycles. The highest BCUT2D eigenvalue weighted by molar-refractivity contribution is 5.48. The molecule has 3 heteroatoms. The Morgan fingerprint density at radius 2 is 1.84 bits per heavy atom. The lowest BCUT2D eigenvalue weighted by Crippen LogP contribution is -2.25. The summed E-state index contributed by atoms with van der Waals surface area (Å²) in [4.78, 5) is 0. The van der Waals surface area contributed by atoms with Crippen molar-refractivity contribution < 1.29 is 14.2 Å². The fraction of sp³-hybridized carbons (Fsp3) is 0.273. The van der Waals surface area contributed by atoms with E-state index in [1.54, 1.807) is 0 Å². The van der Waals surface area contributed by atoms with E-state index in [0.29, 0.717) is 13.2 Å². The Balaban J connectivity index is 1.70. The third-order valence-corrected chi connectivity index (χ3v) is 4.65. The van der Waals surface area contributed by atoms with E-state index in [0.717, 1.165) is 29.9 Å². The minimum absolute atomic E-state index is 0.223. The molecular formula is C22H24O3. The molecule has 0 radical (unpaired) electrons. The van der Waals surface area contributed by atoms with Crippen LogP contribution in [0.3, 0.4) is 0 Å². The fourth-order valence-electron chi connectivity index (χ4n) is 3.15. The lowest BCUT2D eigenvalue weighted by molar-refractivity contribution is 0.107. The van der Waals surface area contributed by atoms with Gasteiger partial charge in [0.1, 0.15) is 0 Å². The quantitative estimate of drug-likeness (QED) is 0.475. The first kappa shape index (κ1) is 17.3. The Morgan fingerprint density at radius 1 is 1.04 bits per heavy atom. The van der Waals surface area contributed by atoms with Crippen LogP contribution in [0, 0.1) is 0 Å². The molecule has 3 rings (SSSR count). The maximum Gasteiger partial charge on any atom is 0.231 e. The Kier molecular flexibility index (Phi) is 5.56. The molecule has 2 aromatic carbocycles. The van der Waals surface area contributed by atoms with Gasteiger partial charge in [-0.25, -0.2) is 0 Å². The van der Waals surface area contributed by atoms with Crippen molar-refractivity contribution in [3.05, 3.63) is 85.0 Å². The normalized spacial score (nSPS) is 14.7. The number of hydrogen-bond acceptors (Lipinski definition) is 3. The van der Waals surface area contributed by atoms with E-state index in [4.69, 9.17) is 14.2 Å². The summed E-state index contributed by atoms with van der Waals surface area (Å²) in [6, 6.07) is 16.3. The summed E-state index contributed by atoms with van der Waals surface area (Å²) in [6.45, 7) is 9.54. The molecule has 1 atom stereocenters. The van der Waals surface area contributed by atoms with E-state index < -0.39 is 0 Å². The summed E-state index contributed by atoms with van der Waals surface area (Å²) >= 11 is 0.